The van der Waals surface area contributed by atoms with Crippen LogP contribution in [0.3, 0.4) is 0 Å². The second-order valence-electron chi connectivity index (χ2n) is 5.80. The number of aliphatic hydroxyl groups excluding tert-OH is 1. The summed E-state index contributed by atoms with van der Waals surface area (Å²) in [5.74, 6) is 0.289. The van der Waals surface area contributed by atoms with E-state index in [0.717, 1.165) is 11.8 Å². The second-order valence-corrected chi connectivity index (χ2v) is 7.24. The molecule has 1 heterocycles. The Kier molecular flexibility index (Phi) is 6.51. The van der Waals surface area contributed by atoms with Gasteiger partial charge in [0.2, 0.25) is 0 Å². The first-order valence-corrected chi connectivity index (χ1v) is 9.65. The Hall–Kier alpha value is -2.90. The molecule has 0 atom stereocenters. The van der Waals surface area contributed by atoms with E-state index in [1.54, 1.807) is 62.8 Å². The minimum absolute atomic E-state index is 0.0175. The lowest BCUT2D eigenvalue weighted by atomic mass is 10.1. The summed E-state index contributed by atoms with van der Waals surface area (Å²) in [4.78, 5) is 17.2. The maximum Gasteiger partial charge on any atom is 0.344 e. The van der Waals surface area contributed by atoms with Crippen molar-refractivity contribution in [2.45, 2.75) is 0 Å². The Balaban J connectivity index is 2.08. The number of carbonyl (C=O) groups is 1. The third-order valence-electron chi connectivity index (χ3n) is 4.08. The normalized spacial score (nSPS) is 16.4. The van der Waals surface area contributed by atoms with Gasteiger partial charge in [0.25, 0.3) is 0 Å². The fraction of sp³-hybridized carbons (Fsp3) is 0.143. The molecular formula is C21H18ClNO5S. The number of aliphatic hydroxyl groups is 1. The highest BCUT2D eigenvalue weighted by Crippen LogP contribution is 2.42. The standard InChI is InChI=1S/C21H18ClNO5S/c1-26-13-9-8-12(16(11-13)27-2)10-17-19(24)18(21(25)28-3)20(29-17)23-15-7-5-4-6-14(15)22/h4-11,24H,1-3H3/b17-10+,23-20?. The summed E-state index contributed by atoms with van der Waals surface area (Å²) in [5.41, 5.74) is 1.16. The molecule has 8 heteroatoms. The molecule has 0 aliphatic carbocycles. The number of para-hydroxylation sites is 1. The Labute approximate surface area is 177 Å². The molecular weight excluding hydrogens is 414 g/mol. The van der Waals surface area contributed by atoms with Crippen molar-refractivity contribution in [1.29, 1.82) is 0 Å². The second kappa shape index (κ2) is 9.07. The monoisotopic (exact) mass is 431 g/mol. The summed E-state index contributed by atoms with van der Waals surface area (Å²) in [5, 5.41) is 11.4. The van der Waals surface area contributed by atoms with E-state index < -0.39 is 5.97 Å². The molecule has 0 aromatic heterocycles. The first-order chi connectivity index (χ1) is 14.0. The number of hydrogen-bond donors (Lipinski definition) is 1. The molecule has 0 bridgehead atoms. The first-order valence-electron chi connectivity index (χ1n) is 8.45. The lowest BCUT2D eigenvalue weighted by Crippen LogP contribution is -2.10. The van der Waals surface area contributed by atoms with Crippen LogP contribution in [0.4, 0.5) is 5.69 Å². The summed E-state index contributed by atoms with van der Waals surface area (Å²) in [6.07, 6.45) is 1.70. The molecule has 2 aromatic rings. The van der Waals surface area contributed by atoms with Gasteiger partial charge in [0.15, 0.2) is 0 Å². The van der Waals surface area contributed by atoms with Crippen LogP contribution in [-0.2, 0) is 9.53 Å². The molecule has 1 N–H and O–H groups in total. The van der Waals surface area contributed by atoms with Crippen LogP contribution in [0.25, 0.3) is 6.08 Å². The zero-order valence-electron chi connectivity index (χ0n) is 15.9. The number of benzene rings is 2. The van der Waals surface area contributed by atoms with E-state index in [4.69, 9.17) is 25.8 Å². The average molecular weight is 432 g/mol. The lowest BCUT2D eigenvalue weighted by molar-refractivity contribution is -0.135. The maximum absolute atomic E-state index is 12.3. The fourth-order valence-electron chi connectivity index (χ4n) is 2.62. The van der Waals surface area contributed by atoms with Gasteiger partial charge in [0, 0.05) is 11.6 Å². The van der Waals surface area contributed by atoms with Gasteiger partial charge in [0.1, 0.15) is 27.9 Å². The van der Waals surface area contributed by atoms with Crippen LogP contribution in [0.1, 0.15) is 5.56 Å². The number of rotatable bonds is 5. The van der Waals surface area contributed by atoms with Crippen LogP contribution in [-0.4, -0.2) is 37.4 Å². The fourth-order valence-corrected chi connectivity index (χ4v) is 3.82. The van der Waals surface area contributed by atoms with E-state index in [1.165, 1.54) is 7.11 Å². The van der Waals surface area contributed by atoms with Gasteiger partial charge in [-0.1, -0.05) is 35.5 Å². The number of hydrogen-bond acceptors (Lipinski definition) is 7. The number of halogens is 1. The summed E-state index contributed by atoms with van der Waals surface area (Å²) >= 11 is 7.32. The van der Waals surface area contributed by atoms with E-state index in [0.29, 0.717) is 37.7 Å². The van der Waals surface area contributed by atoms with Crippen molar-refractivity contribution in [2.24, 2.45) is 4.99 Å². The van der Waals surface area contributed by atoms with Crippen LogP contribution in [0.5, 0.6) is 11.5 Å². The van der Waals surface area contributed by atoms with Crippen molar-refractivity contribution in [3.63, 3.8) is 0 Å². The van der Waals surface area contributed by atoms with Crippen molar-refractivity contribution in [2.75, 3.05) is 21.3 Å². The smallest absolute Gasteiger partial charge is 0.344 e. The number of thioether (sulfide) groups is 1. The molecule has 0 saturated carbocycles. The van der Waals surface area contributed by atoms with Gasteiger partial charge in [-0.05, 0) is 30.3 Å². The minimum Gasteiger partial charge on any atom is -0.506 e. The first kappa shape index (κ1) is 20.8. The molecule has 150 valence electrons. The van der Waals surface area contributed by atoms with Gasteiger partial charge >= 0.3 is 5.97 Å². The number of nitrogens with zero attached hydrogens (tertiary/aromatic N) is 1. The van der Waals surface area contributed by atoms with Crippen LogP contribution >= 0.6 is 23.4 Å². The summed E-state index contributed by atoms with van der Waals surface area (Å²) in [6, 6.07) is 12.3. The highest BCUT2D eigenvalue weighted by atomic mass is 35.5. The van der Waals surface area contributed by atoms with Crippen molar-refractivity contribution in [1.82, 2.24) is 0 Å². The van der Waals surface area contributed by atoms with E-state index in [2.05, 4.69) is 4.99 Å². The molecule has 0 fully saturated rings. The third-order valence-corrected chi connectivity index (χ3v) is 5.42. The number of esters is 1. The molecule has 0 saturated heterocycles. The highest BCUT2D eigenvalue weighted by Gasteiger charge is 2.33. The maximum atomic E-state index is 12.3. The summed E-state index contributed by atoms with van der Waals surface area (Å²) in [7, 11) is 4.35. The molecule has 29 heavy (non-hydrogen) atoms. The predicted molar refractivity (Wildman–Crippen MR) is 115 cm³/mol. The zero-order chi connectivity index (χ0) is 21.0. The number of ether oxygens (including phenoxy) is 3. The number of methoxy groups -OCH3 is 3. The van der Waals surface area contributed by atoms with Gasteiger partial charge in [0.05, 0.1) is 36.9 Å². The molecule has 0 unspecified atom stereocenters. The van der Waals surface area contributed by atoms with Crippen molar-refractivity contribution in [3.8, 4) is 11.5 Å². The van der Waals surface area contributed by atoms with Gasteiger partial charge in [-0.15, -0.1) is 0 Å². The van der Waals surface area contributed by atoms with E-state index >= 15 is 0 Å². The minimum atomic E-state index is -0.689. The molecule has 1 aliphatic heterocycles. The van der Waals surface area contributed by atoms with Gasteiger partial charge in [-0.2, -0.15) is 0 Å². The Morgan fingerprint density at radius 1 is 1.14 bits per heavy atom. The molecule has 1 aliphatic rings. The molecule has 3 rings (SSSR count). The molecule has 6 nitrogen and oxygen atoms in total. The Bertz CT molecular complexity index is 1050. The van der Waals surface area contributed by atoms with Crippen molar-refractivity contribution < 1.29 is 24.1 Å². The van der Waals surface area contributed by atoms with Crippen LogP contribution in [0, 0.1) is 0 Å². The summed E-state index contributed by atoms with van der Waals surface area (Å²) < 4.78 is 15.4. The predicted octanol–water partition coefficient (Wildman–Crippen LogP) is 5.16. The SMILES string of the molecule is COC(=O)C1=C(O)/C(=C\c2ccc(OC)cc2OC)SC1=Nc1ccccc1Cl. The van der Waals surface area contributed by atoms with E-state index in [-0.39, 0.29) is 11.3 Å². The lowest BCUT2D eigenvalue weighted by Gasteiger charge is -2.08. The Morgan fingerprint density at radius 3 is 2.55 bits per heavy atom. The summed E-state index contributed by atoms with van der Waals surface area (Å²) in [6.45, 7) is 0. The zero-order valence-corrected chi connectivity index (χ0v) is 17.5. The largest absolute Gasteiger partial charge is 0.506 e. The highest BCUT2D eigenvalue weighted by molar-refractivity contribution is 8.18. The van der Waals surface area contributed by atoms with Crippen LogP contribution in [0.15, 0.2) is 63.7 Å². The van der Waals surface area contributed by atoms with Crippen LogP contribution in [0.2, 0.25) is 5.02 Å². The van der Waals surface area contributed by atoms with Gasteiger partial charge < -0.3 is 19.3 Å². The molecule has 0 radical (unpaired) electrons. The van der Waals surface area contributed by atoms with Crippen LogP contribution < -0.4 is 9.47 Å². The molecule has 0 spiro atoms. The van der Waals surface area contributed by atoms with E-state index in [1.807, 2.05) is 0 Å². The van der Waals surface area contributed by atoms with E-state index in [9.17, 15) is 9.90 Å². The Morgan fingerprint density at radius 2 is 1.90 bits per heavy atom. The number of aliphatic imine (C=N–C) groups is 1. The van der Waals surface area contributed by atoms with Gasteiger partial charge in [-0.25, -0.2) is 9.79 Å². The average Bonchev–Trinajstić information content (AvgIpc) is 3.04. The van der Waals surface area contributed by atoms with Crippen molar-refractivity contribution in [3.05, 3.63) is 69.3 Å². The topological polar surface area (TPSA) is 77.4 Å². The third kappa shape index (κ3) is 4.41. The number of carbonyl (C=O) groups excluding carboxylic acids is 1. The van der Waals surface area contributed by atoms with Crippen molar-refractivity contribution >= 4 is 46.1 Å². The van der Waals surface area contributed by atoms with Gasteiger partial charge in [-0.3, -0.25) is 0 Å². The molecule has 2 aromatic carbocycles. The quantitative estimate of drug-likeness (QED) is 0.659. The molecule has 0 amide bonds.